The van der Waals surface area contributed by atoms with E-state index in [2.05, 4.69) is 10.1 Å². The molecule has 0 aliphatic heterocycles. The molecular weight excluding hydrogens is 258 g/mol. The Kier molecular flexibility index (Phi) is 5.33. The number of oxime groups is 1. The number of nitrogens with zero attached hydrogens (tertiary/aromatic N) is 2. The molecule has 0 saturated heterocycles. The van der Waals surface area contributed by atoms with Crippen LogP contribution in [0.5, 0.6) is 5.75 Å². The van der Waals surface area contributed by atoms with Crippen LogP contribution in [0.4, 0.5) is 0 Å². The van der Waals surface area contributed by atoms with Gasteiger partial charge in [0.15, 0.2) is 5.84 Å². The van der Waals surface area contributed by atoms with Gasteiger partial charge in [0.1, 0.15) is 5.75 Å². The molecule has 0 unspecified atom stereocenters. The quantitative estimate of drug-likeness (QED) is 0.360. The van der Waals surface area contributed by atoms with E-state index in [1.165, 1.54) is 0 Å². The van der Waals surface area contributed by atoms with Gasteiger partial charge in [-0.25, -0.2) is 0 Å². The molecule has 0 bridgehead atoms. The lowest BCUT2D eigenvalue weighted by Gasteiger charge is -2.23. The molecular formula is C14H23N3O3. The predicted octanol–water partition coefficient (Wildman–Crippen LogP) is 1.99. The van der Waals surface area contributed by atoms with Crippen LogP contribution in [-0.2, 0) is 4.74 Å². The van der Waals surface area contributed by atoms with Crippen molar-refractivity contribution >= 4 is 5.84 Å². The second-order valence-corrected chi connectivity index (χ2v) is 5.27. The number of ether oxygens (including phenoxy) is 2. The lowest BCUT2D eigenvalue weighted by atomic mass is 10.1. The van der Waals surface area contributed by atoms with E-state index < -0.39 is 0 Å². The first-order chi connectivity index (χ1) is 9.30. The molecule has 0 radical (unpaired) electrons. The van der Waals surface area contributed by atoms with Crippen LogP contribution < -0.4 is 10.5 Å². The third kappa shape index (κ3) is 4.09. The summed E-state index contributed by atoms with van der Waals surface area (Å²) in [6.45, 7) is 8.12. The summed E-state index contributed by atoms with van der Waals surface area (Å²) in [7, 11) is 1.67. The first-order valence-corrected chi connectivity index (χ1v) is 6.45. The van der Waals surface area contributed by atoms with Crippen LogP contribution >= 0.6 is 0 Å². The van der Waals surface area contributed by atoms with Gasteiger partial charge in [0.25, 0.3) is 0 Å². The third-order valence-electron chi connectivity index (χ3n) is 3.17. The topological polar surface area (TPSA) is 90.0 Å². The second-order valence-electron chi connectivity index (χ2n) is 5.27. The molecule has 6 heteroatoms. The molecule has 1 heterocycles. The van der Waals surface area contributed by atoms with E-state index in [0.29, 0.717) is 23.6 Å². The largest absolute Gasteiger partial charge is 0.493 e. The van der Waals surface area contributed by atoms with E-state index in [0.717, 1.165) is 12.1 Å². The van der Waals surface area contributed by atoms with E-state index in [9.17, 15) is 0 Å². The van der Waals surface area contributed by atoms with Crippen LogP contribution in [0.1, 0.15) is 37.2 Å². The summed E-state index contributed by atoms with van der Waals surface area (Å²) in [5, 5.41) is 11.9. The number of hydrogen-bond acceptors (Lipinski definition) is 5. The van der Waals surface area contributed by atoms with E-state index in [1.54, 1.807) is 20.1 Å². The Hall–Kier alpha value is -1.82. The summed E-state index contributed by atoms with van der Waals surface area (Å²) in [5.74, 6) is 0.563. The molecule has 0 spiro atoms. The van der Waals surface area contributed by atoms with Gasteiger partial charge in [-0.15, -0.1) is 0 Å². The molecule has 0 atom stereocenters. The van der Waals surface area contributed by atoms with Crippen molar-refractivity contribution in [2.75, 3.05) is 13.7 Å². The Morgan fingerprint density at radius 1 is 1.45 bits per heavy atom. The monoisotopic (exact) mass is 281 g/mol. The molecule has 6 nitrogen and oxygen atoms in total. The molecule has 0 aliphatic carbocycles. The first-order valence-electron chi connectivity index (χ1n) is 6.45. The highest BCUT2D eigenvalue weighted by atomic mass is 16.5. The highest BCUT2D eigenvalue weighted by Crippen LogP contribution is 2.23. The summed E-state index contributed by atoms with van der Waals surface area (Å²) in [6, 6.07) is 1.78. The minimum absolute atomic E-state index is 0.00370. The standard InChI is InChI=1S/C14H23N3O3/c1-9-8-11(20-7-6-14(3,4)19-5)12(10(2)16-9)13(15)17-18/h8,18H,6-7H2,1-5H3,(H2,15,17). The van der Waals surface area contributed by atoms with Crippen LogP contribution in [0, 0.1) is 13.8 Å². The number of hydrogen-bond donors (Lipinski definition) is 2. The number of rotatable bonds is 6. The molecule has 0 fully saturated rings. The summed E-state index contributed by atoms with van der Waals surface area (Å²) in [5.41, 5.74) is 7.44. The highest BCUT2D eigenvalue weighted by Gasteiger charge is 2.18. The van der Waals surface area contributed by atoms with Gasteiger partial charge in [0, 0.05) is 25.3 Å². The molecule has 112 valence electrons. The number of pyridine rings is 1. The Labute approximate surface area is 119 Å². The zero-order chi connectivity index (χ0) is 15.3. The fraction of sp³-hybridized carbons (Fsp3) is 0.571. The van der Waals surface area contributed by atoms with Crippen molar-refractivity contribution < 1.29 is 14.7 Å². The summed E-state index contributed by atoms with van der Waals surface area (Å²) in [4.78, 5) is 4.30. The van der Waals surface area contributed by atoms with Crippen molar-refractivity contribution in [3.63, 3.8) is 0 Å². The van der Waals surface area contributed by atoms with E-state index in [1.807, 2.05) is 20.8 Å². The molecule has 0 aliphatic rings. The number of methoxy groups -OCH3 is 1. The zero-order valence-electron chi connectivity index (χ0n) is 12.7. The lowest BCUT2D eigenvalue weighted by molar-refractivity contribution is 0.00542. The number of nitrogens with two attached hydrogens (primary N) is 1. The van der Waals surface area contributed by atoms with Gasteiger partial charge < -0.3 is 20.4 Å². The highest BCUT2D eigenvalue weighted by molar-refractivity contribution is 6.00. The van der Waals surface area contributed by atoms with Gasteiger partial charge >= 0.3 is 0 Å². The van der Waals surface area contributed by atoms with Crippen molar-refractivity contribution in [2.24, 2.45) is 10.9 Å². The maximum absolute atomic E-state index is 8.86. The zero-order valence-corrected chi connectivity index (χ0v) is 12.7. The van der Waals surface area contributed by atoms with Crippen molar-refractivity contribution in [2.45, 2.75) is 39.7 Å². The van der Waals surface area contributed by atoms with Gasteiger partial charge in [-0.3, -0.25) is 4.98 Å². The smallest absolute Gasteiger partial charge is 0.175 e. The van der Waals surface area contributed by atoms with Gasteiger partial charge in [0.2, 0.25) is 0 Å². The van der Waals surface area contributed by atoms with Crippen LogP contribution in [0.2, 0.25) is 0 Å². The van der Waals surface area contributed by atoms with Crippen molar-refractivity contribution in [1.29, 1.82) is 0 Å². The normalized spacial score (nSPS) is 12.6. The van der Waals surface area contributed by atoms with E-state index in [4.69, 9.17) is 20.4 Å². The van der Waals surface area contributed by atoms with E-state index >= 15 is 0 Å². The van der Waals surface area contributed by atoms with Crippen LogP contribution in [0.25, 0.3) is 0 Å². The van der Waals surface area contributed by atoms with Crippen LogP contribution in [0.3, 0.4) is 0 Å². The van der Waals surface area contributed by atoms with Gasteiger partial charge in [-0.1, -0.05) is 5.16 Å². The second kappa shape index (κ2) is 6.56. The summed E-state index contributed by atoms with van der Waals surface area (Å²) in [6.07, 6.45) is 0.722. The fourth-order valence-electron chi connectivity index (χ4n) is 1.78. The van der Waals surface area contributed by atoms with Gasteiger partial charge in [-0.05, 0) is 27.7 Å². The first kappa shape index (κ1) is 16.2. The van der Waals surface area contributed by atoms with Crippen LogP contribution in [-0.4, -0.2) is 35.3 Å². The Morgan fingerprint density at radius 3 is 2.65 bits per heavy atom. The average Bonchev–Trinajstić information content (AvgIpc) is 2.37. The number of amidine groups is 1. The summed E-state index contributed by atoms with van der Waals surface area (Å²) < 4.78 is 11.1. The fourth-order valence-corrected chi connectivity index (χ4v) is 1.78. The predicted molar refractivity (Wildman–Crippen MR) is 77.4 cm³/mol. The van der Waals surface area contributed by atoms with Crippen molar-refractivity contribution in [3.05, 3.63) is 23.0 Å². The summed E-state index contributed by atoms with van der Waals surface area (Å²) >= 11 is 0. The Bertz CT molecular complexity index is 499. The van der Waals surface area contributed by atoms with Crippen LogP contribution in [0.15, 0.2) is 11.2 Å². The Balaban J connectivity index is 2.94. The van der Waals surface area contributed by atoms with Crippen molar-refractivity contribution in [1.82, 2.24) is 4.98 Å². The van der Waals surface area contributed by atoms with Gasteiger partial charge in [0.05, 0.1) is 23.5 Å². The van der Waals surface area contributed by atoms with E-state index in [-0.39, 0.29) is 11.4 Å². The number of aromatic nitrogens is 1. The molecule has 1 aromatic heterocycles. The maximum Gasteiger partial charge on any atom is 0.175 e. The maximum atomic E-state index is 8.86. The minimum Gasteiger partial charge on any atom is -0.493 e. The number of aryl methyl sites for hydroxylation is 2. The molecule has 0 amide bonds. The lowest BCUT2D eigenvalue weighted by Crippen LogP contribution is -2.25. The molecule has 0 saturated carbocycles. The molecule has 3 N–H and O–H groups in total. The van der Waals surface area contributed by atoms with Crippen molar-refractivity contribution in [3.8, 4) is 5.75 Å². The molecule has 0 aromatic carbocycles. The molecule has 1 rings (SSSR count). The Morgan fingerprint density at radius 2 is 2.10 bits per heavy atom. The SMILES string of the molecule is COC(C)(C)CCOc1cc(C)nc(C)c1/C(N)=N/O. The third-order valence-corrected chi connectivity index (χ3v) is 3.17. The molecule has 20 heavy (non-hydrogen) atoms. The molecule has 1 aromatic rings. The van der Waals surface area contributed by atoms with Gasteiger partial charge in [-0.2, -0.15) is 0 Å². The minimum atomic E-state index is -0.256. The average molecular weight is 281 g/mol.